The first kappa shape index (κ1) is 53.5. The van der Waals surface area contributed by atoms with Gasteiger partial charge >= 0.3 is 0 Å². The lowest BCUT2D eigenvalue weighted by Gasteiger charge is -2.77. The quantitative estimate of drug-likeness (QED) is 0.0714. The van der Waals surface area contributed by atoms with Gasteiger partial charge < -0.3 is 48.9 Å². The number of amides is 1. The van der Waals surface area contributed by atoms with Crippen LogP contribution in [0.1, 0.15) is 115 Å². The van der Waals surface area contributed by atoms with Crippen LogP contribution in [0.25, 0.3) is 11.0 Å². The number of carbonyl (C=O) groups excluding carboxylic acids is 1. The molecule has 5 aromatic rings. The van der Waals surface area contributed by atoms with E-state index in [2.05, 4.69) is 89.5 Å². The lowest BCUT2D eigenvalue weighted by Crippen LogP contribution is -2.78. The highest BCUT2D eigenvalue weighted by atomic mass is 32.2. The van der Waals surface area contributed by atoms with Crippen molar-refractivity contribution in [3.8, 4) is 17.4 Å². The van der Waals surface area contributed by atoms with E-state index in [1.807, 2.05) is 37.3 Å². The van der Waals surface area contributed by atoms with Crippen molar-refractivity contribution in [1.82, 2.24) is 19.6 Å². The number of morpholine rings is 1. The predicted octanol–water partition coefficient (Wildman–Crippen LogP) is 9.27. The first-order valence-electron chi connectivity index (χ1n) is 28.2. The number of aromatic amines is 1. The second-order valence-electron chi connectivity index (χ2n) is 24.7. The number of aromatic nitrogens is 2. The van der Waals surface area contributed by atoms with E-state index in [0.29, 0.717) is 74.8 Å². The molecule has 0 radical (unpaired) electrons. The highest BCUT2D eigenvalue weighted by molar-refractivity contribution is 7.90. The summed E-state index contributed by atoms with van der Waals surface area (Å²) in [7, 11) is -4.74. The van der Waals surface area contributed by atoms with Gasteiger partial charge in [0.2, 0.25) is 5.88 Å². The Balaban J connectivity index is 0.858. The van der Waals surface area contributed by atoms with Gasteiger partial charge in [0.05, 0.1) is 70.7 Å². The molecule has 5 aliphatic heterocycles. The molecule has 5 fully saturated rings. The normalized spacial score (nSPS) is 27.4. The number of benzene rings is 3. The van der Waals surface area contributed by atoms with Gasteiger partial charge in [0, 0.05) is 67.2 Å². The second-order valence-corrected chi connectivity index (χ2v) is 26.4. The van der Waals surface area contributed by atoms with Crippen LogP contribution in [0.3, 0.4) is 0 Å². The zero-order valence-corrected chi connectivity index (χ0v) is 47.1. The Labute approximate surface area is 461 Å². The van der Waals surface area contributed by atoms with Gasteiger partial charge in [-0.15, -0.1) is 0 Å². The monoisotopic (exact) mass is 1100 g/mol. The minimum Gasteiger partial charge on any atom is -0.491 e. The van der Waals surface area contributed by atoms with E-state index in [1.165, 1.54) is 6.07 Å². The molecular weight excluding hydrogens is 1030 g/mol. The number of nitrogens with one attached hydrogen (secondary N) is 3. The molecule has 12 rings (SSSR count). The molecule has 1 spiro atoms. The standard InChI is InChI=1S/C59H74N8O11S/c1-35(2)77-48-11-9-8-10-40(48)47-33-75-27-25-65(47)55-56(3,4)59(57(55,5)6)20-23-64(24-21-59)38-12-13-41(44(29-38)66-43-17-26-74-34-50(43)78-54-46(66)28-37-16-22-60-52(37)62-54)53(68)63-79(72,73)39-30-45(67(70)71)51-49(31-39)76-32-42(61-51)36-14-18-58(7,69)19-15-36/h8-13,16,22,28-31,35-36,42-43,47,50,55,61,69H,14-15,17-21,23-27,32-34H2,1-7H3,(H,60,62)(H,63,68)/t36?,42-,43-,47-,50-,58?/m0/s1. The minimum absolute atomic E-state index is 0.000881. The molecule has 3 aromatic carbocycles. The molecule has 20 heteroatoms. The lowest BCUT2D eigenvalue weighted by molar-refractivity contribution is -0.384. The highest BCUT2D eigenvalue weighted by Gasteiger charge is 2.73. The molecular formula is C59H74N8O11S. The van der Waals surface area contributed by atoms with Crippen LogP contribution in [0.4, 0.5) is 28.4 Å². The summed E-state index contributed by atoms with van der Waals surface area (Å²) >= 11 is 0. The molecule has 4 N–H and O–H groups in total. The number of sulfonamides is 1. The molecule has 3 saturated heterocycles. The Morgan fingerprint density at radius 1 is 0.899 bits per heavy atom. The summed E-state index contributed by atoms with van der Waals surface area (Å²) in [5.41, 5.74) is 2.51. The molecule has 0 unspecified atom stereocenters. The average Bonchev–Trinajstić information content (AvgIpc) is 2.04. The number of nitro groups is 1. The van der Waals surface area contributed by atoms with Crippen LogP contribution in [0, 0.1) is 32.3 Å². The number of anilines is 4. The van der Waals surface area contributed by atoms with E-state index in [4.69, 9.17) is 28.7 Å². The number of hydrogen-bond acceptors (Lipinski definition) is 16. The van der Waals surface area contributed by atoms with Gasteiger partial charge in [0.25, 0.3) is 21.6 Å². The van der Waals surface area contributed by atoms with Crippen molar-refractivity contribution in [2.75, 3.05) is 67.8 Å². The van der Waals surface area contributed by atoms with Gasteiger partial charge in [-0.25, -0.2) is 13.1 Å². The van der Waals surface area contributed by atoms with Crippen molar-refractivity contribution in [2.24, 2.45) is 22.2 Å². The number of H-pyrrole nitrogens is 1. The molecule has 7 heterocycles. The van der Waals surface area contributed by atoms with Crippen LogP contribution in [-0.2, 0) is 19.5 Å². The van der Waals surface area contributed by atoms with Crippen LogP contribution in [-0.4, -0.2) is 128 Å². The number of para-hydroxylation sites is 1. The van der Waals surface area contributed by atoms with Crippen LogP contribution >= 0.6 is 0 Å². The van der Waals surface area contributed by atoms with Gasteiger partial charge in [0.1, 0.15) is 29.8 Å². The molecule has 2 aromatic heterocycles. The van der Waals surface area contributed by atoms with E-state index in [1.54, 1.807) is 12.3 Å². The maximum Gasteiger partial charge on any atom is 0.297 e. The fraction of sp³-hybridized carbons (Fsp3) is 0.559. The predicted molar refractivity (Wildman–Crippen MR) is 299 cm³/mol. The molecule has 79 heavy (non-hydrogen) atoms. The third-order valence-electron chi connectivity index (χ3n) is 19.3. The molecule has 0 bridgehead atoms. The maximum atomic E-state index is 15.0. The Hall–Kier alpha value is -6.19. The van der Waals surface area contributed by atoms with Crippen molar-refractivity contribution < 1.29 is 46.9 Å². The zero-order valence-electron chi connectivity index (χ0n) is 46.3. The molecule has 19 nitrogen and oxygen atoms in total. The van der Waals surface area contributed by atoms with Crippen molar-refractivity contribution in [3.63, 3.8) is 0 Å². The first-order valence-corrected chi connectivity index (χ1v) is 29.7. The second kappa shape index (κ2) is 19.8. The molecule has 4 atom stereocenters. The van der Waals surface area contributed by atoms with E-state index in [0.717, 1.165) is 60.9 Å². The summed E-state index contributed by atoms with van der Waals surface area (Å²) in [5, 5.41) is 27.3. The highest BCUT2D eigenvalue weighted by Crippen LogP contribution is 2.74. The Bertz CT molecular complexity index is 3270. The number of ether oxygens (including phenoxy) is 5. The van der Waals surface area contributed by atoms with Crippen molar-refractivity contribution in [3.05, 3.63) is 94.2 Å². The van der Waals surface area contributed by atoms with Gasteiger partial charge in [-0.3, -0.25) is 19.8 Å². The Morgan fingerprint density at radius 3 is 2.39 bits per heavy atom. The molecule has 2 saturated carbocycles. The Morgan fingerprint density at radius 2 is 1.65 bits per heavy atom. The van der Waals surface area contributed by atoms with Gasteiger partial charge in [-0.05, 0) is 124 Å². The van der Waals surface area contributed by atoms with Crippen LogP contribution in [0.5, 0.6) is 17.4 Å². The SMILES string of the molecule is CC(C)Oc1ccccc1[C@@H]1COCCN1C1C(C)(C)C2(CCN(c3ccc(C(=O)NS(=O)(=O)c4cc5c(c([N+](=O)[O-])c4)N[C@H](C4CCC(C)(O)CC4)CO5)c(N4c5cc6cc[nH]c6nc5O[C@H]5COCC[C@@H]54)c3)CC2)C1(C)C. The summed E-state index contributed by atoms with van der Waals surface area (Å²) in [6.45, 7) is 20.2. The largest absolute Gasteiger partial charge is 0.491 e. The zero-order chi connectivity index (χ0) is 55.4. The number of aliphatic hydroxyl groups is 1. The fourth-order valence-corrected chi connectivity index (χ4v) is 16.5. The maximum absolute atomic E-state index is 15.0. The number of pyridine rings is 1. The lowest BCUT2D eigenvalue weighted by atomic mass is 9.33. The molecule has 422 valence electrons. The number of hydrogen-bond donors (Lipinski definition) is 4. The number of fused-ring (bicyclic) bond motifs is 4. The van der Waals surface area contributed by atoms with Crippen LogP contribution < -0.4 is 34.0 Å². The smallest absolute Gasteiger partial charge is 0.297 e. The summed E-state index contributed by atoms with van der Waals surface area (Å²) in [6.07, 6.45) is 6.37. The Kier molecular flexibility index (Phi) is 13.4. The number of rotatable bonds is 11. The van der Waals surface area contributed by atoms with E-state index < -0.39 is 43.1 Å². The molecule has 2 aliphatic carbocycles. The minimum atomic E-state index is -4.74. The van der Waals surface area contributed by atoms with E-state index >= 15 is 0 Å². The average molecular weight is 1100 g/mol. The summed E-state index contributed by atoms with van der Waals surface area (Å²) in [4.78, 5) is 41.7. The number of nitrogens with zero attached hydrogens (tertiary/aromatic N) is 5. The third kappa shape index (κ3) is 9.13. The molecule has 7 aliphatic rings. The van der Waals surface area contributed by atoms with Crippen LogP contribution in [0.2, 0.25) is 0 Å². The van der Waals surface area contributed by atoms with Crippen molar-refractivity contribution in [2.45, 2.75) is 140 Å². The first-order chi connectivity index (χ1) is 37.7. The topological polar surface area (TPSA) is 223 Å². The number of nitro benzene ring substituents is 1. The summed E-state index contributed by atoms with van der Waals surface area (Å²) in [5.74, 6) is 0.425. The van der Waals surface area contributed by atoms with Gasteiger partial charge in [-0.1, -0.05) is 45.9 Å². The van der Waals surface area contributed by atoms with Crippen molar-refractivity contribution in [1.29, 1.82) is 0 Å². The summed E-state index contributed by atoms with van der Waals surface area (Å²) < 4.78 is 62.5. The van der Waals surface area contributed by atoms with E-state index in [9.17, 15) is 28.4 Å². The van der Waals surface area contributed by atoms with Crippen LogP contribution in [0.15, 0.2) is 77.8 Å². The number of piperidine rings is 1. The fourth-order valence-electron chi connectivity index (χ4n) is 15.5. The molecule has 1 amide bonds. The number of carbonyl (C=O) groups is 1. The van der Waals surface area contributed by atoms with Gasteiger partial charge in [-0.2, -0.15) is 4.98 Å². The van der Waals surface area contributed by atoms with Crippen molar-refractivity contribution >= 4 is 55.4 Å². The van der Waals surface area contributed by atoms with E-state index in [-0.39, 0.29) is 82.6 Å². The summed E-state index contributed by atoms with van der Waals surface area (Å²) in [6, 6.07) is 19.8. The van der Waals surface area contributed by atoms with Gasteiger partial charge in [0.15, 0.2) is 11.4 Å². The third-order valence-corrected chi connectivity index (χ3v) is 20.6.